The molecule has 0 bridgehead atoms. The molecule has 0 fully saturated rings. The fourth-order valence-corrected chi connectivity index (χ4v) is 10.8. The number of allylic oxidation sites excluding steroid dienone is 13. The minimum absolute atomic E-state index is 0.0871. The van der Waals surface area contributed by atoms with Crippen molar-refractivity contribution in [3.63, 3.8) is 0 Å². The van der Waals surface area contributed by atoms with Crippen LogP contribution in [0.1, 0.15) is 62.0 Å². The van der Waals surface area contributed by atoms with Crippen LogP contribution in [-0.2, 0) is 0 Å². The van der Waals surface area contributed by atoms with E-state index in [0.717, 1.165) is 23.6 Å². The molecule has 6 atom stereocenters. The van der Waals surface area contributed by atoms with E-state index in [9.17, 15) is 0 Å². The zero-order chi connectivity index (χ0) is 37.8. The van der Waals surface area contributed by atoms with E-state index in [1.54, 1.807) is 0 Å². The Bertz CT molecular complexity index is 2870. The summed E-state index contributed by atoms with van der Waals surface area (Å²) >= 11 is 0. The second kappa shape index (κ2) is 12.2. The predicted octanol–water partition coefficient (Wildman–Crippen LogP) is 13.0. The maximum atomic E-state index is 5.57. The third-order valence-corrected chi connectivity index (χ3v) is 13.6. The molecule has 1 aliphatic heterocycles. The Labute approximate surface area is 329 Å². The maximum Gasteiger partial charge on any atom is 0.141 e. The summed E-state index contributed by atoms with van der Waals surface area (Å²) in [6.45, 7) is 7.27. The van der Waals surface area contributed by atoms with Crippen LogP contribution in [0.3, 0.4) is 0 Å². The average molecular weight is 727 g/mol. The molecule has 4 heteroatoms. The van der Waals surface area contributed by atoms with Crippen LogP contribution in [-0.4, -0.2) is 22.0 Å². The molecule has 5 aliphatic rings. The lowest BCUT2D eigenvalue weighted by Crippen LogP contribution is -2.37. The summed E-state index contributed by atoms with van der Waals surface area (Å²) in [5, 5.41) is 3.85. The van der Waals surface area contributed by atoms with E-state index in [0.29, 0.717) is 5.92 Å². The Balaban J connectivity index is 1.26. The second-order valence-electron chi connectivity index (χ2n) is 16.9. The van der Waals surface area contributed by atoms with Gasteiger partial charge in [-0.1, -0.05) is 154 Å². The Kier molecular flexibility index (Phi) is 7.23. The van der Waals surface area contributed by atoms with E-state index in [1.165, 1.54) is 55.1 Å². The molecule has 0 amide bonds. The Morgan fingerprint density at radius 3 is 2.30 bits per heavy atom. The zero-order valence-electron chi connectivity index (χ0n) is 32.5. The molecule has 2 aromatic heterocycles. The number of benzene rings is 4. The number of rotatable bonds is 3. The number of aromatic nitrogens is 2. The van der Waals surface area contributed by atoms with Crippen molar-refractivity contribution in [3.05, 3.63) is 186 Å². The summed E-state index contributed by atoms with van der Waals surface area (Å²) in [5.74, 6) is 1.54. The molecule has 0 saturated heterocycles. The zero-order valence-corrected chi connectivity index (χ0v) is 32.5. The van der Waals surface area contributed by atoms with Gasteiger partial charge in [0.25, 0.3) is 0 Å². The van der Waals surface area contributed by atoms with Gasteiger partial charge in [0, 0.05) is 45.6 Å². The molecule has 6 aromatic rings. The summed E-state index contributed by atoms with van der Waals surface area (Å²) in [7, 11) is 2.21. The Morgan fingerprint density at radius 1 is 0.696 bits per heavy atom. The molecule has 56 heavy (non-hydrogen) atoms. The minimum Gasteiger partial charge on any atom is -0.359 e. The first-order chi connectivity index (χ1) is 27.4. The summed E-state index contributed by atoms with van der Waals surface area (Å²) in [6, 6.07) is 33.5. The fourth-order valence-electron chi connectivity index (χ4n) is 10.8. The quantitative estimate of drug-likeness (QED) is 0.178. The highest BCUT2D eigenvalue weighted by Gasteiger charge is 2.48. The van der Waals surface area contributed by atoms with Crippen LogP contribution in [0, 0.1) is 16.7 Å². The van der Waals surface area contributed by atoms with Gasteiger partial charge in [-0.15, -0.1) is 0 Å². The molecule has 0 spiro atoms. The summed E-state index contributed by atoms with van der Waals surface area (Å²) in [5.41, 5.74) is 11.0. The van der Waals surface area contributed by atoms with E-state index < -0.39 is 0 Å². The molecule has 0 N–H and O–H groups in total. The van der Waals surface area contributed by atoms with Gasteiger partial charge in [-0.05, 0) is 65.4 Å². The average Bonchev–Trinajstić information content (AvgIpc) is 3.71. The Hall–Kier alpha value is -6.13. The number of aliphatic imine (C=N–C) groups is 1. The van der Waals surface area contributed by atoms with Gasteiger partial charge in [-0.3, -0.25) is 4.57 Å². The van der Waals surface area contributed by atoms with Crippen LogP contribution >= 0.6 is 0 Å². The predicted molar refractivity (Wildman–Crippen MR) is 236 cm³/mol. The van der Waals surface area contributed by atoms with E-state index in [-0.39, 0.29) is 28.8 Å². The lowest BCUT2D eigenvalue weighted by atomic mass is 9.56. The van der Waals surface area contributed by atoms with Gasteiger partial charge in [0.2, 0.25) is 0 Å². The highest BCUT2D eigenvalue weighted by molar-refractivity contribution is 6.19. The SMILES string of the molecule is CC1C=CC=CC1n1c2c(c3cc4c5ccccc5n(C5=Nc6ccccc6N(C)C5c5ccccc5)c4cc31)C1C=CC=CC1(C)C(C1(C)C=CC=CC1)=C2. The highest BCUT2D eigenvalue weighted by Crippen LogP contribution is 2.60. The topological polar surface area (TPSA) is 25.5 Å². The van der Waals surface area contributed by atoms with E-state index in [2.05, 4.69) is 212 Å². The molecular formula is C52H46N4. The lowest BCUT2D eigenvalue weighted by molar-refractivity contribution is 0.349. The van der Waals surface area contributed by atoms with Gasteiger partial charge in [0.05, 0.1) is 34.0 Å². The first-order valence-electron chi connectivity index (χ1n) is 20.2. The highest BCUT2D eigenvalue weighted by atomic mass is 15.2. The van der Waals surface area contributed by atoms with Crippen LogP contribution < -0.4 is 4.90 Å². The third kappa shape index (κ3) is 4.62. The lowest BCUT2D eigenvalue weighted by Gasteiger charge is -2.48. The molecule has 4 aliphatic carbocycles. The number of likely N-dealkylation sites (N-methyl/N-ethyl adjacent to an activating group) is 1. The van der Waals surface area contributed by atoms with Crippen molar-refractivity contribution in [1.29, 1.82) is 0 Å². The van der Waals surface area contributed by atoms with Crippen LogP contribution in [0.4, 0.5) is 11.4 Å². The van der Waals surface area contributed by atoms with E-state index in [4.69, 9.17) is 4.99 Å². The standard InChI is InChI=1S/C52H46N4/c1-34-19-9-12-25-41(34)55-45-32-44-37(31-38(45)48-39-23-15-18-30-52(39,3)47(33-46(48)55)51(2)28-16-6-17-29-51)36-22-10-13-26-42(36)56(44)50-49(35-20-7-5-8-21-35)54(4)43-27-14-11-24-40(43)53-50/h5-28,30-34,39,41,49H,29H2,1-4H3. The van der Waals surface area contributed by atoms with Gasteiger partial charge in [-0.25, -0.2) is 4.99 Å². The molecule has 4 aromatic carbocycles. The van der Waals surface area contributed by atoms with Crippen molar-refractivity contribution in [1.82, 2.24) is 9.13 Å². The second-order valence-corrected chi connectivity index (χ2v) is 16.9. The number of fused-ring (bicyclic) bond motifs is 9. The van der Waals surface area contributed by atoms with Gasteiger partial charge >= 0.3 is 0 Å². The number of hydrogen-bond donors (Lipinski definition) is 0. The van der Waals surface area contributed by atoms with Crippen LogP contribution in [0.15, 0.2) is 174 Å². The maximum absolute atomic E-state index is 5.57. The first kappa shape index (κ1) is 33.2. The van der Waals surface area contributed by atoms with Crippen LogP contribution in [0.2, 0.25) is 0 Å². The molecule has 0 saturated carbocycles. The van der Waals surface area contributed by atoms with Gasteiger partial charge < -0.3 is 9.47 Å². The van der Waals surface area contributed by atoms with Crippen molar-refractivity contribution < 1.29 is 0 Å². The first-order valence-corrected chi connectivity index (χ1v) is 20.2. The van der Waals surface area contributed by atoms with Crippen LogP contribution in [0.25, 0.3) is 38.8 Å². The van der Waals surface area contributed by atoms with E-state index in [1.807, 2.05) is 0 Å². The van der Waals surface area contributed by atoms with E-state index >= 15 is 0 Å². The normalized spacial score (nSPS) is 27.5. The van der Waals surface area contributed by atoms with Gasteiger partial charge in [0.1, 0.15) is 11.9 Å². The number of hydrogen-bond acceptors (Lipinski definition) is 2. The number of para-hydroxylation sites is 3. The molecule has 274 valence electrons. The molecule has 3 heterocycles. The van der Waals surface area contributed by atoms with Crippen LogP contribution in [0.5, 0.6) is 0 Å². The monoisotopic (exact) mass is 726 g/mol. The smallest absolute Gasteiger partial charge is 0.141 e. The van der Waals surface area contributed by atoms with Crippen molar-refractivity contribution in [2.45, 2.75) is 45.2 Å². The van der Waals surface area contributed by atoms with Crippen molar-refractivity contribution in [2.24, 2.45) is 21.7 Å². The third-order valence-electron chi connectivity index (χ3n) is 13.6. The summed E-state index contributed by atoms with van der Waals surface area (Å²) in [4.78, 5) is 7.97. The van der Waals surface area contributed by atoms with Crippen molar-refractivity contribution in [2.75, 3.05) is 11.9 Å². The fraction of sp³-hybridized carbons (Fsp3) is 0.212. The summed E-state index contributed by atoms with van der Waals surface area (Å²) in [6.07, 6.45) is 31.5. The largest absolute Gasteiger partial charge is 0.359 e. The van der Waals surface area contributed by atoms with Crippen molar-refractivity contribution >= 4 is 56.0 Å². The molecule has 4 nitrogen and oxygen atoms in total. The minimum atomic E-state index is -0.167. The van der Waals surface area contributed by atoms with Crippen molar-refractivity contribution in [3.8, 4) is 0 Å². The summed E-state index contributed by atoms with van der Waals surface area (Å²) < 4.78 is 5.16. The molecule has 0 radical (unpaired) electrons. The van der Waals surface area contributed by atoms with Gasteiger partial charge in [-0.2, -0.15) is 0 Å². The Morgan fingerprint density at radius 2 is 1.46 bits per heavy atom. The number of nitrogens with zero attached hydrogens (tertiary/aromatic N) is 4. The van der Waals surface area contributed by atoms with Gasteiger partial charge in [0.15, 0.2) is 0 Å². The molecule has 6 unspecified atom stereocenters. The molecular weight excluding hydrogens is 681 g/mol. The number of anilines is 1. The molecule has 11 rings (SSSR count).